The monoisotopic (exact) mass is 705 g/mol. The van der Waals surface area contributed by atoms with Gasteiger partial charge in [-0.25, -0.2) is 18.6 Å². The molecule has 2 aromatic carbocycles. The molecule has 3 aliphatic rings. The highest BCUT2D eigenvalue weighted by Crippen LogP contribution is 2.42. The number of esters is 1. The quantitative estimate of drug-likeness (QED) is 0.213. The smallest absolute Gasteiger partial charge is 0.339 e. The molecule has 51 heavy (non-hydrogen) atoms. The Morgan fingerprint density at radius 2 is 1.86 bits per heavy atom. The maximum atomic E-state index is 15.6. The summed E-state index contributed by atoms with van der Waals surface area (Å²) in [6.45, 7) is 13.1. The first-order valence-electron chi connectivity index (χ1n) is 17.8. The zero-order valence-electron chi connectivity index (χ0n) is 30.6. The summed E-state index contributed by atoms with van der Waals surface area (Å²) in [7, 11) is 1.34. The van der Waals surface area contributed by atoms with Gasteiger partial charge in [0, 0.05) is 42.6 Å². The second-order valence-corrected chi connectivity index (χ2v) is 15.0. The van der Waals surface area contributed by atoms with Gasteiger partial charge < -0.3 is 29.0 Å². The Morgan fingerprint density at radius 3 is 2.55 bits per heavy atom. The first kappa shape index (κ1) is 36.7. The van der Waals surface area contributed by atoms with Crippen molar-refractivity contribution in [2.24, 2.45) is 0 Å². The van der Waals surface area contributed by atoms with Gasteiger partial charge in [0.15, 0.2) is 17.7 Å². The van der Waals surface area contributed by atoms with E-state index in [9.17, 15) is 14.3 Å². The standard InChI is InChI=1S/C40H49F2N3O6/c1-24-11-8-9-20-49-40(6)16-18-44(19-17-40)37-32(35(38(47)48-7)51-39(3,4)5)25(2)28(23-46)36-43-30(22-45(36)37)26-12-10-13-27(21-26)33-31(50-24)15-14-29(41)34(33)42/h10,12-15,21-22,24,35,46H,8-9,11,16-20,23H2,1-7H3. The Labute approximate surface area is 298 Å². The van der Waals surface area contributed by atoms with Gasteiger partial charge in [0.05, 0.1) is 42.3 Å². The predicted molar refractivity (Wildman–Crippen MR) is 192 cm³/mol. The Balaban J connectivity index is 1.61. The summed E-state index contributed by atoms with van der Waals surface area (Å²) in [4.78, 5) is 20.8. The number of imidazole rings is 1. The molecule has 2 unspecified atom stereocenters. The summed E-state index contributed by atoms with van der Waals surface area (Å²) < 4.78 is 56.8. The molecule has 0 spiro atoms. The minimum Gasteiger partial charge on any atom is -0.490 e. The van der Waals surface area contributed by atoms with Crippen molar-refractivity contribution in [2.45, 2.75) is 104 Å². The van der Waals surface area contributed by atoms with Crippen molar-refractivity contribution in [1.82, 2.24) is 9.38 Å². The molecule has 7 rings (SSSR count). The number of methoxy groups -OCH3 is 1. The molecular weight excluding hydrogens is 656 g/mol. The number of aromatic nitrogens is 2. The van der Waals surface area contributed by atoms with Crippen LogP contribution < -0.4 is 9.64 Å². The number of aliphatic hydroxyl groups excluding tert-OH is 1. The number of rotatable bonds is 4. The van der Waals surface area contributed by atoms with Crippen molar-refractivity contribution in [3.63, 3.8) is 0 Å². The molecule has 2 atom stereocenters. The van der Waals surface area contributed by atoms with E-state index in [4.69, 9.17) is 23.9 Å². The first-order chi connectivity index (χ1) is 24.2. The molecule has 0 amide bonds. The highest BCUT2D eigenvalue weighted by molar-refractivity contribution is 5.83. The highest BCUT2D eigenvalue weighted by atomic mass is 19.2. The summed E-state index contributed by atoms with van der Waals surface area (Å²) in [5, 5.41) is 10.8. The van der Waals surface area contributed by atoms with Crippen LogP contribution in [0.2, 0.25) is 0 Å². The molecule has 0 radical (unpaired) electrons. The van der Waals surface area contributed by atoms with Gasteiger partial charge in [-0.2, -0.15) is 0 Å². The first-order valence-corrected chi connectivity index (χ1v) is 17.8. The van der Waals surface area contributed by atoms with Crippen LogP contribution in [0.1, 0.15) is 89.5 Å². The lowest BCUT2D eigenvalue weighted by Gasteiger charge is -2.42. The van der Waals surface area contributed by atoms with Crippen molar-refractivity contribution < 1.29 is 37.6 Å². The molecule has 2 aromatic heterocycles. The third-order valence-electron chi connectivity index (χ3n) is 10.0. The second-order valence-electron chi connectivity index (χ2n) is 15.0. The van der Waals surface area contributed by atoms with E-state index in [0.29, 0.717) is 64.7 Å². The largest absolute Gasteiger partial charge is 0.490 e. The number of carbonyl (C=O) groups is 1. The van der Waals surface area contributed by atoms with Crippen molar-refractivity contribution in [2.75, 3.05) is 31.7 Å². The molecule has 11 heteroatoms. The molecule has 1 saturated heterocycles. The third kappa shape index (κ3) is 7.47. The molecule has 5 heterocycles. The molecule has 3 aliphatic heterocycles. The lowest BCUT2D eigenvalue weighted by atomic mass is 9.91. The molecule has 1 fully saturated rings. The fraction of sp³-hybridized carbons (Fsp3) is 0.500. The van der Waals surface area contributed by atoms with Crippen LogP contribution in [0, 0.1) is 18.6 Å². The topological polar surface area (TPSA) is 94.8 Å². The van der Waals surface area contributed by atoms with Crippen molar-refractivity contribution in [1.29, 1.82) is 0 Å². The zero-order valence-corrected chi connectivity index (χ0v) is 30.6. The number of ether oxygens (including phenoxy) is 4. The molecule has 1 N–H and O–H groups in total. The number of halogens is 2. The molecule has 4 aromatic rings. The van der Waals surface area contributed by atoms with Crippen LogP contribution in [-0.4, -0.2) is 64.6 Å². The Morgan fingerprint density at radius 1 is 1.14 bits per heavy atom. The van der Waals surface area contributed by atoms with E-state index in [0.717, 1.165) is 38.2 Å². The normalized spacial score (nSPS) is 20.6. The molecule has 0 saturated carbocycles. The van der Waals surface area contributed by atoms with E-state index in [1.807, 2.05) is 51.3 Å². The van der Waals surface area contributed by atoms with Crippen molar-refractivity contribution in [3.8, 4) is 28.1 Å². The summed E-state index contributed by atoms with van der Waals surface area (Å²) >= 11 is 0. The Hall–Kier alpha value is -4.06. The number of nitrogens with zero attached hydrogens (tertiary/aromatic N) is 3. The fourth-order valence-corrected chi connectivity index (χ4v) is 7.23. The van der Waals surface area contributed by atoms with Gasteiger partial charge in [-0.3, -0.25) is 4.40 Å². The number of fused-ring (bicyclic) bond motifs is 8. The summed E-state index contributed by atoms with van der Waals surface area (Å²) in [6.07, 6.45) is 4.43. The average molecular weight is 706 g/mol. The van der Waals surface area contributed by atoms with Crippen molar-refractivity contribution >= 4 is 17.4 Å². The van der Waals surface area contributed by atoms with Gasteiger partial charge in [-0.1, -0.05) is 18.2 Å². The van der Waals surface area contributed by atoms with Crippen LogP contribution in [0.4, 0.5) is 14.6 Å². The number of piperidine rings is 1. The highest BCUT2D eigenvalue weighted by Gasteiger charge is 2.38. The number of pyridine rings is 1. The average Bonchev–Trinajstić information content (AvgIpc) is 3.53. The number of anilines is 1. The Bertz CT molecular complexity index is 1910. The van der Waals surface area contributed by atoms with E-state index in [1.165, 1.54) is 13.2 Å². The van der Waals surface area contributed by atoms with Crippen LogP contribution in [0.15, 0.2) is 42.6 Å². The van der Waals surface area contributed by atoms with E-state index >= 15 is 4.39 Å². The minimum absolute atomic E-state index is 0.0386. The van der Waals surface area contributed by atoms with Gasteiger partial charge in [-0.15, -0.1) is 0 Å². The summed E-state index contributed by atoms with van der Waals surface area (Å²) in [6, 6.07) is 9.69. The minimum atomic E-state index is -1.10. The van der Waals surface area contributed by atoms with Crippen molar-refractivity contribution in [3.05, 3.63) is 70.9 Å². The molecule has 274 valence electrons. The van der Waals surface area contributed by atoms with Gasteiger partial charge in [0.2, 0.25) is 0 Å². The van der Waals surface area contributed by atoms with Crippen LogP contribution in [-0.2, 0) is 25.6 Å². The molecular formula is C40H49F2N3O6. The second kappa shape index (κ2) is 14.5. The maximum absolute atomic E-state index is 15.6. The van der Waals surface area contributed by atoms with Gasteiger partial charge >= 0.3 is 5.97 Å². The number of hydrogen-bond acceptors (Lipinski definition) is 8. The van der Waals surface area contributed by atoms with E-state index < -0.39 is 29.3 Å². The van der Waals surface area contributed by atoms with Crippen LogP contribution in [0.3, 0.4) is 0 Å². The SMILES string of the molecule is COC(=O)C(OC(C)(C)C)c1c(C)c(CO)c2nc3cn2c1N1CCC(C)(CC1)OCCCCC(C)Oc1ccc(F)c(F)c1-c1cccc-3c1. The van der Waals surface area contributed by atoms with Crippen LogP contribution in [0.5, 0.6) is 5.75 Å². The fourth-order valence-electron chi connectivity index (χ4n) is 7.23. The summed E-state index contributed by atoms with van der Waals surface area (Å²) in [5.74, 6) is -1.54. The number of hydrogen-bond donors (Lipinski definition) is 1. The number of benzene rings is 2. The molecule has 6 bridgehead atoms. The zero-order chi connectivity index (χ0) is 36.7. The van der Waals surface area contributed by atoms with E-state index in [2.05, 4.69) is 11.8 Å². The van der Waals surface area contributed by atoms with E-state index in [1.54, 1.807) is 18.2 Å². The van der Waals surface area contributed by atoms with E-state index in [-0.39, 0.29) is 29.6 Å². The number of carbonyl (C=O) groups excluding carboxylic acids is 1. The summed E-state index contributed by atoms with van der Waals surface area (Å²) in [5.41, 5.74) is 2.93. The Kier molecular flexibility index (Phi) is 10.5. The third-order valence-corrected chi connectivity index (χ3v) is 10.0. The predicted octanol–water partition coefficient (Wildman–Crippen LogP) is 8.10. The molecule has 9 nitrogen and oxygen atoms in total. The van der Waals surface area contributed by atoms with Gasteiger partial charge in [0.1, 0.15) is 17.2 Å². The van der Waals surface area contributed by atoms with Crippen LogP contribution in [0.25, 0.3) is 28.0 Å². The molecule has 0 aliphatic carbocycles. The lowest BCUT2D eigenvalue weighted by molar-refractivity contribution is -0.164. The van der Waals surface area contributed by atoms with Gasteiger partial charge in [-0.05, 0) is 103 Å². The maximum Gasteiger partial charge on any atom is 0.339 e. The number of aliphatic hydroxyl groups is 1. The van der Waals surface area contributed by atoms with Crippen LogP contribution >= 0.6 is 0 Å². The van der Waals surface area contributed by atoms with Gasteiger partial charge in [0.25, 0.3) is 0 Å². The lowest BCUT2D eigenvalue weighted by Crippen LogP contribution is -2.45.